The lowest BCUT2D eigenvalue weighted by molar-refractivity contribution is 0.153. The highest BCUT2D eigenvalue weighted by atomic mass is 16.3. The zero-order valence-electron chi connectivity index (χ0n) is 11.1. The van der Waals surface area contributed by atoms with Crippen molar-refractivity contribution in [3.05, 3.63) is 34.9 Å². The van der Waals surface area contributed by atoms with E-state index in [1.54, 1.807) is 0 Å². The third-order valence-electron chi connectivity index (χ3n) is 3.99. The van der Waals surface area contributed by atoms with Crippen molar-refractivity contribution in [2.24, 2.45) is 5.92 Å². The SMILES string of the molecule is Cc1ccc(CNC(C)(CO)C2CC2)c(C)c1. The third kappa shape index (κ3) is 2.88. The molecule has 0 bridgehead atoms. The van der Waals surface area contributed by atoms with Crippen LogP contribution in [-0.4, -0.2) is 17.3 Å². The van der Waals surface area contributed by atoms with Gasteiger partial charge in [-0.1, -0.05) is 23.8 Å². The summed E-state index contributed by atoms with van der Waals surface area (Å²) in [6.07, 6.45) is 2.49. The molecule has 1 atom stereocenters. The summed E-state index contributed by atoms with van der Waals surface area (Å²) in [5.41, 5.74) is 3.86. The zero-order chi connectivity index (χ0) is 12.5. The molecule has 2 N–H and O–H groups in total. The average molecular weight is 233 g/mol. The molecule has 2 heteroatoms. The van der Waals surface area contributed by atoms with E-state index in [-0.39, 0.29) is 12.1 Å². The van der Waals surface area contributed by atoms with Crippen molar-refractivity contribution in [1.29, 1.82) is 0 Å². The molecule has 1 unspecified atom stereocenters. The van der Waals surface area contributed by atoms with Gasteiger partial charge in [0.15, 0.2) is 0 Å². The molecule has 2 nitrogen and oxygen atoms in total. The number of aryl methyl sites for hydroxylation is 2. The van der Waals surface area contributed by atoms with Gasteiger partial charge in [-0.05, 0) is 50.7 Å². The molecule has 1 aliphatic carbocycles. The molecular weight excluding hydrogens is 210 g/mol. The van der Waals surface area contributed by atoms with Crippen LogP contribution >= 0.6 is 0 Å². The van der Waals surface area contributed by atoms with Crippen LogP contribution in [-0.2, 0) is 6.54 Å². The molecule has 94 valence electrons. The lowest BCUT2D eigenvalue weighted by atomic mass is 9.96. The summed E-state index contributed by atoms with van der Waals surface area (Å²) in [4.78, 5) is 0. The van der Waals surface area contributed by atoms with Crippen LogP contribution < -0.4 is 5.32 Å². The van der Waals surface area contributed by atoms with Crippen LogP contribution in [0.3, 0.4) is 0 Å². The van der Waals surface area contributed by atoms with Crippen LogP contribution in [0, 0.1) is 19.8 Å². The van der Waals surface area contributed by atoms with Crippen molar-refractivity contribution in [2.75, 3.05) is 6.61 Å². The summed E-state index contributed by atoms with van der Waals surface area (Å²) in [7, 11) is 0. The summed E-state index contributed by atoms with van der Waals surface area (Å²) >= 11 is 0. The van der Waals surface area contributed by atoms with Crippen LogP contribution in [0.5, 0.6) is 0 Å². The molecule has 0 aromatic heterocycles. The fraction of sp³-hybridized carbons (Fsp3) is 0.600. The quantitative estimate of drug-likeness (QED) is 0.819. The molecule has 0 spiro atoms. The minimum Gasteiger partial charge on any atom is -0.394 e. The average Bonchev–Trinajstić information content (AvgIpc) is 3.11. The van der Waals surface area contributed by atoms with E-state index in [1.165, 1.54) is 29.5 Å². The largest absolute Gasteiger partial charge is 0.394 e. The van der Waals surface area contributed by atoms with Gasteiger partial charge in [-0.2, -0.15) is 0 Å². The van der Waals surface area contributed by atoms with E-state index in [9.17, 15) is 5.11 Å². The van der Waals surface area contributed by atoms with Gasteiger partial charge < -0.3 is 10.4 Å². The van der Waals surface area contributed by atoms with Crippen LogP contribution in [0.4, 0.5) is 0 Å². The van der Waals surface area contributed by atoms with Gasteiger partial charge >= 0.3 is 0 Å². The second-order valence-electron chi connectivity index (χ2n) is 5.63. The molecule has 0 amide bonds. The monoisotopic (exact) mass is 233 g/mol. The predicted molar refractivity (Wildman–Crippen MR) is 71.0 cm³/mol. The Morgan fingerprint density at radius 2 is 2.06 bits per heavy atom. The number of rotatable bonds is 5. The van der Waals surface area contributed by atoms with Crippen LogP contribution in [0.15, 0.2) is 18.2 Å². The molecule has 17 heavy (non-hydrogen) atoms. The van der Waals surface area contributed by atoms with Gasteiger partial charge in [0.1, 0.15) is 0 Å². The third-order valence-corrected chi connectivity index (χ3v) is 3.99. The van der Waals surface area contributed by atoms with Crippen molar-refractivity contribution < 1.29 is 5.11 Å². The minimum atomic E-state index is -0.0999. The van der Waals surface area contributed by atoms with E-state index in [1.807, 2.05) is 0 Å². The lowest BCUT2D eigenvalue weighted by Crippen LogP contribution is -2.47. The topological polar surface area (TPSA) is 32.3 Å². The van der Waals surface area contributed by atoms with Gasteiger partial charge in [-0.3, -0.25) is 0 Å². The molecule has 0 radical (unpaired) electrons. The highest BCUT2D eigenvalue weighted by Gasteiger charge is 2.40. The second-order valence-corrected chi connectivity index (χ2v) is 5.63. The van der Waals surface area contributed by atoms with Gasteiger partial charge in [0, 0.05) is 12.1 Å². The number of aliphatic hydroxyl groups excluding tert-OH is 1. The van der Waals surface area contributed by atoms with Crippen molar-refractivity contribution in [2.45, 2.75) is 45.7 Å². The molecular formula is C15H23NO. The highest BCUT2D eigenvalue weighted by Crippen LogP contribution is 2.39. The summed E-state index contributed by atoms with van der Waals surface area (Å²) in [6, 6.07) is 6.55. The van der Waals surface area contributed by atoms with Gasteiger partial charge in [0.05, 0.1) is 6.61 Å². The first kappa shape index (κ1) is 12.6. The first-order valence-corrected chi connectivity index (χ1v) is 6.47. The van der Waals surface area contributed by atoms with Crippen LogP contribution in [0.1, 0.15) is 36.5 Å². The van der Waals surface area contributed by atoms with E-state index in [0.717, 1.165) is 6.54 Å². The smallest absolute Gasteiger partial charge is 0.0613 e. The van der Waals surface area contributed by atoms with E-state index in [0.29, 0.717) is 5.92 Å². The lowest BCUT2D eigenvalue weighted by Gasteiger charge is -2.29. The second kappa shape index (κ2) is 4.79. The number of hydrogen-bond donors (Lipinski definition) is 2. The molecule has 0 saturated heterocycles. The van der Waals surface area contributed by atoms with Gasteiger partial charge in [-0.25, -0.2) is 0 Å². The van der Waals surface area contributed by atoms with Crippen molar-refractivity contribution in [3.63, 3.8) is 0 Å². The van der Waals surface area contributed by atoms with Crippen LogP contribution in [0.2, 0.25) is 0 Å². The van der Waals surface area contributed by atoms with Crippen molar-refractivity contribution in [3.8, 4) is 0 Å². The Labute approximate surface area is 104 Å². The van der Waals surface area contributed by atoms with Gasteiger partial charge in [-0.15, -0.1) is 0 Å². The standard InChI is InChI=1S/C15H23NO/c1-11-4-5-13(12(2)8-11)9-16-15(3,10-17)14-6-7-14/h4-5,8,14,16-17H,6-7,9-10H2,1-3H3. The number of hydrogen-bond acceptors (Lipinski definition) is 2. The van der Waals surface area contributed by atoms with E-state index in [4.69, 9.17) is 0 Å². The molecule has 0 heterocycles. The Morgan fingerprint density at radius 1 is 1.35 bits per heavy atom. The normalized spacial score (nSPS) is 19.1. The summed E-state index contributed by atoms with van der Waals surface area (Å²) in [6.45, 7) is 7.47. The number of nitrogens with one attached hydrogen (secondary N) is 1. The highest BCUT2D eigenvalue weighted by molar-refractivity contribution is 5.30. The first-order chi connectivity index (χ1) is 8.05. The molecule has 1 aliphatic rings. The fourth-order valence-electron chi connectivity index (χ4n) is 2.39. The molecule has 0 aliphatic heterocycles. The molecule has 1 fully saturated rings. The van der Waals surface area contributed by atoms with Crippen LogP contribution in [0.25, 0.3) is 0 Å². The van der Waals surface area contributed by atoms with Crippen molar-refractivity contribution >= 4 is 0 Å². The maximum atomic E-state index is 9.52. The first-order valence-electron chi connectivity index (χ1n) is 6.47. The Hall–Kier alpha value is -0.860. The Balaban J connectivity index is 2.01. The number of aliphatic hydroxyl groups is 1. The van der Waals surface area contributed by atoms with E-state index < -0.39 is 0 Å². The minimum absolute atomic E-state index is 0.0999. The summed E-state index contributed by atoms with van der Waals surface area (Å²) in [5.74, 6) is 0.651. The van der Waals surface area contributed by atoms with Crippen molar-refractivity contribution in [1.82, 2.24) is 5.32 Å². The Bertz CT molecular complexity index is 398. The predicted octanol–water partition coefficient (Wildman–Crippen LogP) is 2.55. The van der Waals surface area contributed by atoms with E-state index >= 15 is 0 Å². The maximum Gasteiger partial charge on any atom is 0.0613 e. The Morgan fingerprint density at radius 3 is 2.59 bits per heavy atom. The summed E-state index contributed by atoms with van der Waals surface area (Å²) in [5, 5.41) is 13.1. The molecule has 1 aromatic carbocycles. The molecule has 1 aromatic rings. The zero-order valence-corrected chi connectivity index (χ0v) is 11.1. The summed E-state index contributed by atoms with van der Waals surface area (Å²) < 4.78 is 0. The van der Waals surface area contributed by atoms with E-state index in [2.05, 4.69) is 44.3 Å². The molecule has 2 rings (SSSR count). The molecule has 1 saturated carbocycles. The number of benzene rings is 1. The maximum absolute atomic E-state index is 9.52. The Kier molecular flexibility index (Phi) is 3.55. The van der Waals surface area contributed by atoms with Gasteiger partial charge in [0.25, 0.3) is 0 Å². The fourth-order valence-corrected chi connectivity index (χ4v) is 2.39. The van der Waals surface area contributed by atoms with Gasteiger partial charge in [0.2, 0.25) is 0 Å².